The van der Waals surface area contributed by atoms with Gasteiger partial charge in [-0.1, -0.05) is 13.8 Å². The van der Waals surface area contributed by atoms with Gasteiger partial charge in [-0.3, -0.25) is 0 Å². The molecular weight excluding hydrogens is 188 g/mol. The van der Waals surface area contributed by atoms with Crippen molar-refractivity contribution in [3.05, 3.63) is 5.38 Å². The molecule has 3 N–H and O–H groups in total. The van der Waals surface area contributed by atoms with E-state index in [1.165, 1.54) is 11.3 Å². The van der Waals surface area contributed by atoms with E-state index in [2.05, 4.69) is 10.3 Å². The summed E-state index contributed by atoms with van der Waals surface area (Å²) in [6, 6.07) is -0.00875. The average Bonchev–Trinajstić information content (AvgIpc) is 2.46. The number of nitrogens with one attached hydrogen (secondary N) is 1. The summed E-state index contributed by atoms with van der Waals surface area (Å²) in [5.74, 6) is 0.351. The number of hydrogen-bond acceptors (Lipinski definition) is 5. The number of anilines is 1. The molecule has 1 aromatic heterocycles. The first-order chi connectivity index (χ1) is 6.13. The van der Waals surface area contributed by atoms with Crippen molar-refractivity contribution in [1.29, 1.82) is 0 Å². The van der Waals surface area contributed by atoms with Gasteiger partial charge >= 0.3 is 0 Å². The van der Waals surface area contributed by atoms with Gasteiger partial charge in [-0.25, -0.2) is 0 Å². The topological polar surface area (TPSA) is 65.4 Å². The van der Waals surface area contributed by atoms with Crippen LogP contribution in [0.5, 0.6) is 5.88 Å². The molecule has 0 spiro atoms. The molecule has 4 nitrogen and oxygen atoms in total. The van der Waals surface area contributed by atoms with E-state index >= 15 is 0 Å². The second-order valence-electron chi connectivity index (χ2n) is 3.19. The standard InChI is InChI=1S/C8H14N2O2S/c1-5(2)6(3-11)9-8-10-7(12)4-13-8/h4-6,11-12H,3H2,1-2H3,(H,9,10)/t6-/m0/s1. The number of thiazole rings is 1. The Kier molecular flexibility index (Phi) is 3.50. The predicted octanol–water partition coefficient (Wildman–Crippen LogP) is 1.28. The molecule has 0 bridgehead atoms. The maximum absolute atomic E-state index is 9.02. The lowest BCUT2D eigenvalue weighted by molar-refractivity contribution is 0.249. The summed E-state index contributed by atoms with van der Waals surface area (Å²) >= 11 is 1.33. The maximum Gasteiger partial charge on any atom is 0.223 e. The predicted molar refractivity (Wildman–Crippen MR) is 53.1 cm³/mol. The van der Waals surface area contributed by atoms with Crippen molar-refractivity contribution < 1.29 is 10.2 Å². The van der Waals surface area contributed by atoms with E-state index in [0.29, 0.717) is 11.0 Å². The molecule has 13 heavy (non-hydrogen) atoms. The highest BCUT2D eigenvalue weighted by Gasteiger charge is 2.13. The fraction of sp³-hybridized carbons (Fsp3) is 0.625. The van der Waals surface area contributed by atoms with Crippen molar-refractivity contribution in [2.75, 3.05) is 11.9 Å². The normalized spacial score (nSPS) is 13.2. The Hall–Kier alpha value is -0.810. The third-order valence-electron chi connectivity index (χ3n) is 1.80. The largest absolute Gasteiger partial charge is 0.493 e. The highest BCUT2D eigenvalue weighted by atomic mass is 32.1. The fourth-order valence-electron chi connectivity index (χ4n) is 0.913. The van der Waals surface area contributed by atoms with Crippen molar-refractivity contribution >= 4 is 16.5 Å². The van der Waals surface area contributed by atoms with Crippen molar-refractivity contribution in [2.24, 2.45) is 5.92 Å². The van der Waals surface area contributed by atoms with Gasteiger partial charge in [0.25, 0.3) is 0 Å². The van der Waals surface area contributed by atoms with Gasteiger partial charge < -0.3 is 15.5 Å². The maximum atomic E-state index is 9.02. The Balaban J connectivity index is 2.56. The Labute approximate surface area is 81.3 Å². The van der Waals surface area contributed by atoms with E-state index in [1.54, 1.807) is 5.38 Å². The van der Waals surface area contributed by atoms with Crippen molar-refractivity contribution in [2.45, 2.75) is 19.9 Å². The Morgan fingerprint density at radius 1 is 1.62 bits per heavy atom. The lowest BCUT2D eigenvalue weighted by Gasteiger charge is -2.18. The first kappa shape index (κ1) is 10.3. The Bertz CT molecular complexity index is 262. The minimum Gasteiger partial charge on any atom is -0.493 e. The number of aromatic hydroxyl groups is 1. The molecule has 1 aromatic rings. The van der Waals surface area contributed by atoms with Gasteiger partial charge in [0.1, 0.15) is 0 Å². The van der Waals surface area contributed by atoms with Crippen LogP contribution in [0.2, 0.25) is 0 Å². The van der Waals surface area contributed by atoms with Gasteiger partial charge in [0.05, 0.1) is 18.0 Å². The smallest absolute Gasteiger partial charge is 0.223 e. The average molecular weight is 202 g/mol. The van der Waals surface area contributed by atoms with E-state index in [-0.39, 0.29) is 18.5 Å². The van der Waals surface area contributed by atoms with Gasteiger partial charge in [-0.05, 0) is 5.92 Å². The number of aliphatic hydroxyl groups is 1. The summed E-state index contributed by atoms with van der Waals surface area (Å²) < 4.78 is 0. The Morgan fingerprint density at radius 2 is 2.31 bits per heavy atom. The zero-order chi connectivity index (χ0) is 9.84. The number of aliphatic hydroxyl groups excluding tert-OH is 1. The summed E-state index contributed by atoms with van der Waals surface area (Å²) in [5.41, 5.74) is 0. The zero-order valence-corrected chi connectivity index (χ0v) is 8.51. The summed E-state index contributed by atoms with van der Waals surface area (Å²) in [6.07, 6.45) is 0. The van der Waals surface area contributed by atoms with Crippen molar-refractivity contribution in [3.8, 4) is 5.88 Å². The van der Waals surface area contributed by atoms with Crippen LogP contribution in [0.1, 0.15) is 13.8 Å². The van der Waals surface area contributed by atoms with Crippen LogP contribution >= 0.6 is 11.3 Å². The van der Waals surface area contributed by atoms with Gasteiger partial charge in [0.15, 0.2) is 5.13 Å². The molecule has 0 saturated heterocycles. The molecule has 1 rings (SSSR count). The van der Waals surface area contributed by atoms with Crippen LogP contribution < -0.4 is 5.32 Å². The summed E-state index contributed by atoms with van der Waals surface area (Å²) in [4.78, 5) is 3.83. The SMILES string of the molecule is CC(C)[C@H](CO)Nc1nc(O)cs1. The van der Waals surface area contributed by atoms with Crippen LogP contribution in [0.3, 0.4) is 0 Å². The third-order valence-corrected chi connectivity index (χ3v) is 2.56. The second-order valence-corrected chi connectivity index (χ2v) is 4.05. The summed E-state index contributed by atoms with van der Waals surface area (Å²) in [7, 11) is 0. The van der Waals surface area contributed by atoms with Crippen LogP contribution in [0.15, 0.2) is 5.38 Å². The first-order valence-electron chi connectivity index (χ1n) is 4.15. The minimum absolute atomic E-state index is 0.00875. The molecule has 0 unspecified atom stereocenters. The van der Waals surface area contributed by atoms with Crippen molar-refractivity contribution in [1.82, 2.24) is 4.98 Å². The zero-order valence-electron chi connectivity index (χ0n) is 7.69. The van der Waals surface area contributed by atoms with Crippen LogP contribution in [-0.4, -0.2) is 27.8 Å². The monoisotopic (exact) mass is 202 g/mol. The number of hydrogen-bond donors (Lipinski definition) is 3. The number of aromatic nitrogens is 1. The van der Waals surface area contributed by atoms with E-state index in [4.69, 9.17) is 10.2 Å². The summed E-state index contributed by atoms with van der Waals surface area (Å²) in [6.45, 7) is 4.10. The highest BCUT2D eigenvalue weighted by molar-refractivity contribution is 7.13. The molecule has 74 valence electrons. The molecule has 0 radical (unpaired) electrons. The van der Waals surface area contributed by atoms with E-state index in [1.807, 2.05) is 13.8 Å². The van der Waals surface area contributed by atoms with Gasteiger partial charge in [-0.2, -0.15) is 4.98 Å². The lowest BCUT2D eigenvalue weighted by atomic mass is 10.1. The van der Waals surface area contributed by atoms with E-state index in [9.17, 15) is 0 Å². The molecule has 0 amide bonds. The minimum atomic E-state index is -0.00875. The lowest BCUT2D eigenvalue weighted by Crippen LogP contribution is -2.29. The summed E-state index contributed by atoms with van der Waals surface area (Å²) in [5, 5.41) is 23.2. The van der Waals surface area contributed by atoms with Crippen LogP contribution in [0.25, 0.3) is 0 Å². The fourth-order valence-corrected chi connectivity index (χ4v) is 1.55. The van der Waals surface area contributed by atoms with E-state index < -0.39 is 0 Å². The van der Waals surface area contributed by atoms with Crippen LogP contribution in [0.4, 0.5) is 5.13 Å². The number of nitrogens with zero attached hydrogens (tertiary/aromatic N) is 1. The molecule has 1 atom stereocenters. The molecule has 0 fully saturated rings. The number of rotatable bonds is 4. The van der Waals surface area contributed by atoms with Gasteiger partial charge in [-0.15, -0.1) is 11.3 Å². The molecular formula is C8H14N2O2S. The third kappa shape index (κ3) is 2.86. The van der Waals surface area contributed by atoms with Gasteiger partial charge in [0, 0.05) is 0 Å². The van der Waals surface area contributed by atoms with Crippen LogP contribution in [-0.2, 0) is 0 Å². The molecule has 0 aliphatic rings. The van der Waals surface area contributed by atoms with Crippen molar-refractivity contribution in [3.63, 3.8) is 0 Å². The molecule has 1 heterocycles. The molecule has 0 aromatic carbocycles. The van der Waals surface area contributed by atoms with Crippen LogP contribution in [0, 0.1) is 5.92 Å². The van der Waals surface area contributed by atoms with E-state index in [0.717, 1.165) is 0 Å². The first-order valence-corrected chi connectivity index (χ1v) is 5.03. The molecule has 0 aliphatic heterocycles. The quantitative estimate of drug-likeness (QED) is 0.688. The Morgan fingerprint density at radius 3 is 2.69 bits per heavy atom. The highest BCUT2D eigenvalue weighted by Crippen LogP contribution is 2.21. The van der Waals surface area contributed by atoms with Gasteiger partial charge in [0.2, 0.25) is 5.88 Å². The molecule has 5 heteroatoms. The molecule has 0 saturated carbocycles. The second kappa shape index (κ2) is 4.43. The molecule has 0 aliphatic carbocycles.